The highest BCUT2D eigenvalue weighted by Gasteiger charge is 2.20. The summed E-state index contributed by atoms with van der Waals surface area (Å²) in [7, 11) is 0. The summed E-state index contributed by atoms with van der Waals surface area (Å²) in [4.78, 5) is 15.3. The maximum atomic E-state index is 6.67. The number of rotatable bonds is 5. The first-order chi connectivity index (χ1) is 28.2. The molecule has 0 atom stereocenters. The SMILES string of the molecule is c1ccc(-c2nc(-c3ccc4c(c3)c3ccccc3n4-c3ccc4c(c3)oc3c(-c5ccccc5)cccc34)nc(-c3cccc4c3oc3ccccc34)n2)cc1. The number of nitrogens with zero attached hydrogens (tertiary/aromatic N) is 4. The van der Waals surface area contributed by atoms with Gasteiger partial charge in [0.1, 0.15) is 22.3 Å². The van der Waals surface area contributed by atoms with Gasteiger partial charge in [-0.3, -0.25) is 0 Å². The Morgan fingerprint density at radius 1 is 0.333 bits per heavy atom. The van der Waals surface area contributed by atoms with Gasteiger partial charge in [-0.05, 0) is 54.1 Å². The third kappa shape index (κ3) is 4.94. The molecule has 0 aliphatic heterocycles. The maximum Gasteiger partial charge on any atom is 0.167 e. The average molecular weight is 731 g/mol. The van der Waals surface area contributed by atoms with Crippen molar-refractivity contribution in [3.63, 3.8) is 0 Å². The fourth-order valence-corrected chi connectivity index (χ4v) is 8.43. The van der Waals surface area contributed by atoms with Gasteiger partial charge in [0.25, 0.3) is 0 Å². The molecule has 12 rings (SSSR count). The average Bonchev–Trinajstić information content (AvgIpc) is 3.96. The fourth-order valence-electron chi connectivity index (χ4n) is 8.43. The zero-order valence-electron chi connectivity index (χ0n) is 30.4. The van der Waals surface area contributed by atoms with Gasteiger partial charge in [-0.1, -0.05) is 127 Å². The smallest absolute Gasteiger partial charge is 0.167 e. The van der Waals surface area contributed by atoms with Crippen LogP contribution in [-0.2, 0) is 0 Å². The molecule has 0 saturated carbocycles. The highest BCUT2D eigenvalue weighted by atomic mass is 16.3. The molecule has 6 nitrogen and oxygen atoms in total. The molecule has 0 fully saturated rings. The predicted octanol–water partition coefficient (Wildman–Crippen LogP) is 13.4. The molecule has 0 saturated heterocycles. The summed E-state index contributed by atoms with van der Waals surface area (Å²) >= 11 is 0. The standard InChI is InChI=1S/C51H30N4O2/c1-3-13-31(14-4-1)35-19-11-20-40-38-27-26-34(30-46(38)57-47(35)40)55-43-23-9-7-17-36(43)42-29-33(25-28-44(42)55)50-52-49(32-15-5-2-6-16-32)53-51(54-50)41-22-12-21-39-37-18-8-10-24-45(37)56-48(39)41/h1-30H. The van der Waals surface area contributed by atoms with Gasteiger partial charge in [-0.15, -0.1) is 0 Å². The minimum absolute atomic E-state index is 0.556. The molecule has 57 heavy (non-hydrogen) atoms. The van der Waals surface area contributed by atoms with Crippen molar-refractivity contribution in [1.82, 2.24) is 19.5 Å². The number of para-hydroxylation sites is 4. The van der Waals surface area contributed by atoms with E-state index in [0.29, 0.717) is 17.5 Å². The molecule has 0 aliphatic rings. The van der Waals surface area contributed by atoms with Crippen molar-refractivity contribution in [2.24, 2.45) is 0 Å². The molecule has 0 spiro atoms. The van der Waals surface area contributed by atoms with Crippen molar-refractivity contribution in [1.29, 1.82) is 0 Å². The van der Waals surface area contributed by atoms with Gasteiger partial charge in [-0.25, -0.2) is 15.0 Å². The third-order valence-electron chi connectivity index (χ3n) is 11.1. The van der Waals surface area contributed by atoms with E-state index in [1.54, 1.807) is 0 Å². The van der Waals surface area contributed by atoms with Gasteiger partial charge < -0.3 is 13.4 Å². The molecule has 0 amide bonds. The van der Waals surface area contributed by atoms with Crippen LogP contribution >= 0.6 is 0 Å². The Morgan fingerprint density at radius 2 is 0.912 bits per heavy atom. The van der Waals surface area contributed by atoms with Crippen molar-refractivity contribution in [3.05, 3.63) is 182 Å². The van der Waals surface area contributed by atoms with E-state index < -0.39 is 0 Å². The van der Waals surface area contributed by atoms with Crippen LogP contribution in [0.15, 0.2) is 191 Å². The number of hydrogen-bond acceptors (Lipinski definition) is 5. The maximum absolute atomic E-state index is 6.67. The van der Waals surface area contributed by atoms with Crippen molar-refractivity contribution in [2.45, 2.75) is 0 Å². The Balaban J connectivity index is 1.04. The number of aromatic nitrogens is 4. The van der Waals surface area contributed by atoms with Crippen LogP contribution < -0.4 is 0 Å². The van der Waals surface area contributed by atoms with E-state index in [1.165, 1.54) is 0 Å². The highest BCUT2D eigenvalue weighted by molar-refractivity contribution is 6.13. The third-order valence-corrected chi connectivity index (χ3v) is 11.1. The van der Waals surface area contributed by atoms with Gasteiger partial charge in [0.15, 0.2) is 17.5 Å². The van der Waals surface area contributed by atoms with Crippen LogP contribution in [0.1, 0.15) is 0 Å². The molecule has 0 N–H and O–H groups in total. The van der Waals surface area contributed by atoms with Crippen molar-refractivity contribution in [3.8, 4) is 51.0 Å². The van der Waals surface area contributed by atoms with Crippen LogP contribution in [-0.4, -0.2) is 19.5 Å². The second kappa shape index (κ2) is 12.3. The van der Waals surface area contributed by atoms with Crippen molar-refractivity contribution >= 4 is 65.7 Å². The lowest BCUT2D eigenvalue weighted by atomic mass is 10.0. The van der Waals surface area contributed by atoms with Crippen molar-refractivity contribution in [2.75, 3.05) is 0 Å². The minimum atomic E-state index is 0.556. The van der Waals surface area contributed by atoms with E-state index in [9.17, 15) is 0 Å². The first kappa shape index (κ1) is 31.5. The van der Waals surface area contributed by atoms with Crippen LogP contribution in [0.3, 0.4) is 0 Å². The minimum Gasteiger partial charge on any atom is -0.455 e. The Bertz CT molecular complexity index is 3530. The lowest BCUT2D eigenvalue weighted by Gasteiger charge is -2.10. The number of fused-ring (bicyclic) bond motifs is 9. The summed E-state index contributed by atoms with van der Waals surface area (Å²) in [5, 5.41) is 6.51. The van der Waals surface area contributed by atoms with Gasteiger partial charge in [0, 0.05) is 60.8 Å². The van der Waals surface area contributed by atoms with Crippen LogP contribution in [0.25, 0.3) is 117 Å². The fraction of sp³-hybridized carbons (Fsp3) is 0. The zero-order chi connectivity index (χ0) is 37.5. The first-order valence-electron chi connectivity index (χ1n) is 19.0. The van der Waals surface area contributed by atoms with Gasteiger partial charge >= 0.3 is 0 Å². The molecule has 0 bridgehead atoms. The molecule has 0 radical (unpaired) electrons. The van der Waals surface area contributed by atoms with E-state index in [2.05, 4.69) is 120 Å². The van der Waals surface area contributed by atoms with E-state index in [0.717, 1.165) is 99.2 Å². The van der Waals surface area contributed by atoms with Crippen LogP contribution in [0.5, 0.6) is 0 Å². The molecule has 12 aromatic rings. The molecule has 266 valence electrons. The van der Waals surface area contributed by atoms with E-state index in [1.807, 2.05) is 66.7 Å². The largest absolute Gasteiger partial charge is 0.455 e. The summed E-state index contributed by atoms with van der Waals surface area (Å²) in [5.74, 6) is 1.74. The quantitative estimate of drug-likeness (QED) is 0.176. The van der Waals surface area contributed by atoms with Gasteiger partial charge in [-0.2, -0.15) is 0 Å². The summed E-state index contributed by atoms with van der Waals surface area (Å²) in [6, 6.07) is 62.7. The second-order valence-electron chi connectivity index (χ2n) is 14.4. The lowest BCUT2D eigenvalue weighted by Crippen LogP contribution is -2.00. The normalized spacial score (nSPS) is 11.9. The highest BCUT2D eigenvalue weighted by Crippen LogP contribution is 2.40. The van der Waals surface area contributed by atoms with Crippen molar-refractivity contribution < 1.29 is 8.83 Å². The van der Waals surface area contributed by atoms with Gasteiger partial charge in [0.2, 0.25) is 0 Å². The second-order valence-corrected chi connectivity index (χ2v) is 14.4. The molecule has 4 heterocycles. The molecule has 6 heteroatoms. The summed E-state index contributed by atoms with van der Waals surface area (Å²) in [5.41, 5.74) is 11.4. The molecule has 4 aromatic heterocycles. The van der Waals surface area contributed by atoms with E-state index in [-0.39, 0.29) is 0 Å². The van der Waals surface area contributed by atoms with Crippen LogP contribution in [0.2, 0.25) is 0 Å². The zero-order valence-corrected chi connectivity index (χ0v) is 30.4. The molecule has 8 aromatic carbocycles. The summed E-state index contributed by atoms with van der Waals surface area (Å²) in [6.07, 6.45) is 0. The summed E-state index contributed by atoms with van der Waals surface area (Å²) < 4.78 is 15.4. The van der Waals surface area contributed by atoms with E-state index in [4.69, 9.17) is 23.8 Å². The molecule has 0 aliphatic carbocycles. The number of furan rings is 2. The Morgan fingerprint density at radius 3 is 1.72 bits per heavy atom. The first-order valence-corrected chi connectivity index (χ1v) is 19.0. The Labute approximate surface area is 325 Å². The Kier molecular flexibility index (Phi) is 6.83. The lowest BCUT2D eigenvalue weighted by molar-refractivity contribution is 0.669. The van der Waals surface area contributed by atoms with Crippen LogP contribution in [0, 0.1) is 0 Å². The monoisotopic (exact) mass is 730 g/mol. The topological polar surface area (TPSA) is 69.9 Å². The summed E-state index contributed by atoms with van der Waals surface area (Å²) in [6.45, 7) is 0. The number of benzene rings is 8. The van der Waals surface area contributed by atoms with Crippen LogP contribution in [0.4, 0.5) is 0 Å². The number of hydrogen-bond donors (Lipinski definition) is 0. The molecular weight excluding hydrogens is 701 g/mol. The molecular formula is C51H30N4O2. The van der Waals surface area contributed by atoms with E-state index >= 15 is 0 Å². The predicted molar refractivity (Wildman–Crippen MR) is 230 cm³/mol. The Hall–Kier alpha value is -7.83. The molecule has 0 unspecified atom stereocenters. The van der Waals surface area contributed by atoms with Gasteiger partial charge in [0.05, 0.1) is 16.6 Å².